The Labute approximate surface area is 95.2 Å². The highest BCUT2D eigenvalue weighted by Gasteiger charge is 2.23. The van der Waals surface area contributed by atoms with Crippen molar-refractivity contribution in [2.75, 3.05) is 25.2 Å². The van der Waals surface area contributed by atoms with Gasteiger partial charge in [-0.15, -0.1) is 0 Å². The zero-order valence-corrected chi connectivity index (χ0v) is 10.4. The second-order valence-electron chi connectivity index (χ2n) is 4.37. The standard InChI is InChI=1S/C11H23NO2S/c1-14-7-4-8-15(13)9-11(12)10-5-2-3-6-10/h10-11H,2-9,12H2,1H3. The number of hydrogen-bond donors (Lipinski definition) is 1. The van der Waals surface area contributed by atoms with E-state index in [4.69, 9.17) is 10.5 Å². The van der Waals surface area contributed by atoms with E-state index in [1.807, 2.05) is 0 Å². The fourth-order valence-corrected chi connectivity index (χ4v) is 3.49. The van der Waals surface area contributed by atoms with Gasteiger partial charge in [0.1, 0.15) is 0 Å². The SMILES string of the molecule is COCCCS(=O)CC(N)C1CCCC1. The van der Waals surface area contributed by atoms with E-state index in [0.717, 1.165) is 12.2 Å². The Morgan fingerprint density at radius 1 is 1.47 bits per heavy atom. The van der Waals surface area contributed by atoms with Gasteiger partial charge in [0.25, 0.3) is 0 Å². The normalized spacial score (nSPS) is 21.7. The summed E-state index contributed by atoms with van der Waals surface area (Å²) >= 11 is 0. The summed E-state index contributed by atoms with van der Waals surface area (Å²) in [6, 6.07) is 0.149. The predicted molar refractivity (Wildman–Crippen MR) is 64.3 cm³/mol. The molecule has 0 aromatic heterocycles. The summed E-state index contributed by atoms with van der Waals surface area (Å²) in [5, 5.41) is 0. The summed E-state index contributed by atoms with van der Waals surface area (Å²) in [4.78, 5) is 0. The van der Waals surface area contributed by atoms with E-state index in [1.165, 1.54) is 25.7 Å². The van der Waals surface area contributed by atoms with Crippen molar-refractivity contribution >= 4 is 10.8 Å². The maximum Gasteiger partial charge on any atom is 0.0471 e. The first-order valence-corrected chi connectivity index (χ1v) is 7.32. The molecule has 0 saturated heterocycles. The zero-order valence-electron chi connectivity index (χ0n) is 9.61. The predicted octanol–water partition coefficient (Wildman–Crippen LogP) is 1.29. The van der Waals surface area contributed by atoms with Crippen LogP contribution >= 0.6 is 0 Å². The third-order valence-corrected chi connectivity index (χ3v) is 4.60. The van der Waals surface area contributed by atoms with Crippen LogP contribution < -0.4 is 5.73 Å². The first-order valence-electron chi connectivity index (χ1n) is 5.83. The molecule has 0 radical (unpaired) electrons. The second-order valence-corrected chi connectivity index (χ2v) is 5.99. The highest BCUT2D eigenvalue weighted by Crippen LogP contribution is 2.27. The van der Waals surface area contributed by atoms with Gasteiger partial charge < -0.3 is 10.5 Å². The van der Waals surface area contributed by atoms with Gasteiger partial charge in [0.15, 0.2) is 0 Å². The molecule has 1 aliphatic rings. The van der Waals surface area contributed by atoms with Crippen LogP contribution in [-0.4, -0.2) is 35.5 Å². The third-order valence-electron chi connectivity index (χ3n) is 3.10. The van der Waals surface area contributed by atoms with Gasteiger partial charge in [-0.1, -0.05) is 12.8 Å². The molecule has 0 spiro atoms. The van der Waals surface area contributed by atoms with Crippen LogP contribution in [0.15, 0.2) is 0 Å². The van der Waals surface area contributed by atoms with E-state index < -0.39 is 10.8 Å². The van der Waals surface area contributed by atoms with Crippen molar-refractivity contribution in [1.82, 2.24) is 0 Å². The van der Waals surface area contributed by atoms with E-state index in [-0.39, 0.29) is 6.04 Å². The molecular formula is C11H23NO2S. The first-order chi connectivity index (χ1) is 7.24. The van der Waals surface area contributed by atoms with Crippen LogP contribution in [0.3, 0.4) is 0 Å². The molecular weight excluding hydrogens is 210 g/mol. The van der Waals surface area contributed by atoms with Crippen LogP contribution in [0.4, 0.5) is 0 Å². The lowest BCUT2D eigenvalue weighted by Gasteiger charge is -2.18. The second kappa shape index (κ2) is 7.36. The van der Waals surface area contributed by atoms with Crippen molar-refractivity contribution < 1.29 is 8.95 Å². The Balaban J connectivity index is 2.13. The maximum absolute atomic E-state index is 11.7. The molecule has 0 bridgehead atoms. The van der Waals surface area contributed by atoms with Crippen molar-refractivity contribution in [2.24, 2.45) is 11.7 Å². The monoisotopic (exact) mass is 233 g/mol. The summed E-state index contributed by atoms with van der Waals surface area (Å²) in [6.45, 7) is 0.699. The van der Waals surface area contributed by atoms with Crippen molar-refractivity contribution in [2.45, 2.75) is 38.1 Å². The average Bonchev–Trinajstić information content (AvgIpc) is 2.70. The number of nitrogens with two attached hydrogens (primary N) is 1. The molecule has 2 atom stereocenters. The molecule has 2 unspecified atom stereocenters. The molecule has 4 heteroatoms. The van der Waals surface area contributed by atoms with Gasteiger partial charge in [0.05, 0.1) is 0 Å². The Morgan fingerprint density at radius 2 is 2.13 bits per heavy atom. The summed E-state index contributed by atoms with van der Waals surface area (Å²) in [6.07, 6.45) is 5.94. The Kier molecular flexibility index (Phi) is 6.45. The van der Waals surface area contributed by atoms with Gasteiger partial charge in [-0.2, -0.15) is 0 Å². The molecule has 0 heterocycles. The van der Waals surface area contributed by atoms with Crippen LogP contribution in [-0.2, 0) is 15.5 Å². The summed E-state index contributed by atoms with van der Waals surface area (Å²) in [5.41, 5.74) is 6.06. The average molecular weight is 233 g/mol. The van der Waals surface area contributed by atoms with E-state index in [0.29, 0.717) is 18.3 Å². The van der Waals surface area contributed by atoms with Crippen molar-refractivity contribution in [1.29, 1.82) is 0 Å². The van der Waals surface area contributed by atoms with E-state index in [2.05, 4.69) is 0 Å². The Hall–Kier alpha value is 0.0700. The van der Waals surface area contributed by atoms with E-state index in [1.54, 1.807) is 7.11 Å². The highest BCUT2D eigenvalue weighted by molar-refractivity contribution is 7.85. The zero-order chi connectivity index (χ0) is 11.1. The van der Waals surface area contributed by atoms with Gasteiger partial charge >= 0.3 is 0 Å². The van der Waals surface area contributed by atoms with E-state index in [9.17, 15) is 4.21 Å². The number of ether oxygens (including phenoxy) is 1. The Bertz CT molecular complexity index is 193. The number of methoxy groups -OCH3 is 1. The van der Waals surface area contributed by atoms with Gasteiger partial charge in [0, 0.05) is 42.1 Å². The van der Waals surface area contributed by atoms with Crippen molar-refractivity contribution in [3.63, 3.8) is 0 Å². The molecule has 0 aliphatic heterocycles. The molecule has 1 aliphatic carbocycles. The minimum atomic E-state index is -0.753. The molecule has 0 aromatic carbocycles. The smallest absolute Gasteiger partial charge is 0.0471 e. The van der Waals surface area contributed by atoms with Crippen LogP contribution in [0.1, 0.15) is 32.1 Å². The van der Waals surface area contributed by atoms with Crippen LogP contribution in [0.2, 0.25) is 0 Å². The maximum atomic E-state index is 11.7. The minimum Gasteiger partial charge on any atom is -0.385 e. The third kappa shape index (κ3) is 5.09. The topological polar surface area (TPSA) is 52.3 Å². The molecule has 2 N–H and O–H groups in total. The lowest BCUT2D eigenvalue weighted by Crippen LogP contribution is -2.34. The quantitative estimate of drug-likeness (QED) is 0.674. The summed E-state index contributed by atoms with van der Waals surface area (Å²) < 4.78 is 16.6. The summed E-state index contributed by atoms with van der Waals surface area (Å²) in [5.74, 6) is 2.03. The van der Waals surface area contributed by atoms with Gasteiger partial charge in [-0.3, -0.25) is 4.21 Å². The Morgan fingerprint density at radius 3 is 2.73 bits per heavy atom. The molecule has 0 aromatic rings. The lowest BCUT2D eigenvalue weighted by molar-refractivity contribution is 0.200. The lowest BCUT2D eigenvalue weighted by atomic mass is 10.0. The van der Waals surface area contributed by atoms with Crippen molar-refractivity contribution in [3.05, 3.63) is 0 Å². The van der Waals surface area contributed by atoms with Crippen LogP contribution in [0.5, 0.6) is 0 Å². The molecule has 3 nitrogen and oxygen atoms in total. The molecule has 90 valence electrons. The van der Waals surface area contributed by atoms with Gasteiger partial charge in [-0.05, 0) is 25.2 Å². The van der Waals surface area contributed by atoms with E-state index >= 15 is 0 Å². The van der Waals surface area contributed by atoms with Gasteiger partial charge in [-0.25, -0.2) is 0 Å². The minimum absolute atomic E-state index is 0.149. The molecule has 15 heavy (non-hydrogen) atoms. The number of hydrogen-bond acceptors (Lipinski definition) is 3. The fraction of sp³-hybridized carbons (Fsp3) is 1.00. The van der Waals surface area contributed by atoms with Crippen LogP contribution in [0.25, 0.3) is 0 Å². The van der Waals surface area contributed by atoms with Crippen molar-refractivity contribution in [3.8, 4) is 0 Å². The number of rotatable bonds is 7. The molecule has 1 saturated carbocycles. The first kappa shape index (κ1) is 13.1. The largest absolute Gasteiger partial charge is 0.385 e. The van der Waals surface area contributed by atoms with Gasteiger partial charge in [0.2, 0.25) is 0 Å². The molecule has 1 fully saturated rings. The fourth-order valence-electron chi connectivity index (χ4n) is 2.18. The summed E-state index contributed by atoms with van der Waals surface area (Å²) in [7, 11) is 0.921. The van der Waals surface area contributed by atoms with Crippen LogP contribution in [0, 0.1) is 5.92 Å². The molecule has 0 amide bonds. The molecule has 1 rings (SSSR count). The highest BCUT2D eigenvalue weighted by atomic mass is 32.2.